The van der Waals surface area contributed by atoms with Gasteiger partial charge in [0, 0.05) is 30.1 Å². The highest BCUT2D eigenvalue weighted by Crippen LogP contribution is 2.45. The summed E-state index contributed by atoms with van der Waals surface area (Å²) in [5.74, 6) is 0.804. The molecular weight excluding hydrogens is 214 g/mol. The molecule has 1 amide bonds. The SMILES string of the molecule is O=C1Nc2ncccc2C12Cc1cc[nH]c1C2. The second-order valence-corrected chi connectivity index (χ2v) is 4.77. The van der Waals surface area contributed by atoms with E-state index in [2.05, 4.69) is 21.4 Å². The Morgan fingerprint density at radius 3 is 3.12 bits per heavy atom. The van der Waals surface area contributed by atoms with Crippen molar-refractivity contribution < 1.29 is 4.79 Å². The Balaban J connectivity index is 1.91. The van der Waals surface area contributed by atoms with E-state index in [1.165, 1.54) is 11.3 Å². The van der Waals surface area contributed by atoms with Crippen molar-refractivity contribution in [1.29, 1.82) is 0 Å². The number of pyridine rings is 1. The molecule has 2 aromatic rings. The van der Waals surface area contributed by atoms with Gasteiger partial charge in [-0.3, -0.25) is 4.79 Å². The fourth-order valence-electron chi connectivity index (χ4n) is 3.05. The van der Waals surface area contributed by atoms with Crippen molar-refractivity contribution in [3.8, 4) is 0 Å². The second-order valence-electron chi connectivity index (χ2n) is 4.77. The Labute approximate surface area is 98.1 Å². The summed E-state index contributed by atoms with van der Waals surface area (Å²) in [6.45, 7) is 0. The van der Waals surface area contributed by atoms with Gasteiger partial charge in [-0.2, -0.15) is 0 Å². The van der Waals surface area contributed by atoms with Gasteiger partial charge in [0.1, 0.15) is 5.82 Å². The Kier molecular flexibility index (Phi) is 1.46. The minimum atomic E-state index is -0.425. The van der Waals surface area contributed by atoms with Crippen LogP contribution >= 0.6 is 0 Å². The standard InChI is InChI=1S/C13H11N3O/c17-12-13(6-8-3-5-14-10(8)7-13)9-2-1-4-15-11(9)16-12/h1-5,14H,6-7H2,(H,15,16,17). The van der Waals surface area contributed by atoms with Gasteiger partial charge in [0.25, 0.3) is 0 Å². The van der Waals surface area contributed by atoms with Crippen LogP contribution in [0.15, 0.2) is 30.6 Å². The molecule has 0 radical (unpaired) electrons. The highest BCUT2D eigenvalue weighted by molar-refractivity contribution is 6.06. The number of nitrogens with one attached hydrogen (secondary N) is 2. The fourth-order valence-corrected chi connectivity index (χ4v) is 3.05. The van der Waals surface area contributed by atoms with Crippen molar-refractivity contribution in [3.05, 3.63) is 47.4 Å². The Hall–Kier alpha value is -2.10. The van der Waals surface area contributed by atoms with Crippen LogP contribution in [0.25, 0.3) is 0 Å². The zero-order chi connectivity index (χ0) is 11.5. The van der Waals surface area contributed by atoms with Gasteiger partial charge in [0.05, 0.1) is 5.41 Å². The first-order valence-corrected chi connectivity index (χ1v) is 5.72. The van der Waals surface area contributed by atoms with Gasteiger partial charge >= 0.3 is 0 Å². The van der Waals surface area contributed by atoms with E-state index >= 15 is 0 Å². The summed E-state index contributed by atoms with van der Waals surface area (Å²) in [6, 6.07) is 5.96. The van der Waals surface area contributed by atoms with Gasteiger partial charge in [-0.05, 0) is 24.1 Å². The van der Waals surface area contributed by atoms with E-state index in [0.29, 0.717) is 0 Å². The number of aromatic amines is 1. The molecule has 1 atom stereocenters. The van der Waals surface area contributed by atoms with Crippen LogP contribution < -0.4 is 5.32 Å². The maximum absolute atomic E-state index is 12.3. The number of amides is 1. The van der Waals surface area contributed by atoms with Crippen molar-refractivity contribution in [3.63, 3.8) is 0 Å². The lowest BCUT2D eigenvalue weighted by molar-refractivity contribution is -0.120. The van der Waals surface area contributed by atoms with E-state index in [4.69, 9.17) is 0 Å². The van der Waals surface area contributed by atoms with E-state index in [9.17, 15) is 4.79 Å². The lowest BCUT2D eigenvalue weighted by Crippen LogP contribution is -2.35. The summed E-state index contributed by atoms with van der Waals surface area (Å²) in [5.41, 5.74) is 3.04. The van der Waals surface area contributed by atoms with Crippen molar-refractivity contribution in [2.45, 2.75) is 18.3 Å². The number of anilines is 1. The largest absolute Gasteiger partial charge is 0.365 e. The number of carbonyl (C=O) groups is 1. The lowest BCUT2D eigenvalue weighted by Gasteiger charge is -2.20. The average molecular weight is 225 g/mol. The third kappa shape index (κ3) is 0.976. The van der Waals surface area contributed by atoms with Gasteiger partial charge in [0.15, 0.2) is 0 Å². The molecule has 0 bridgehead atoms. The van der Waals surface area contributed by atoms with Gasteiger partial charge in [-0.15, -0.1) is 0 Å². The number of hydrogen-bond acceptors (Lipinski definition) is 2. The quantitative estimate of drug-likeness (QED) is 0.712. The molecule has 4 rings (SSSR count). The van der Waals surface area contributed by atoms with Crippen molar-refractivity contribution in [1.82, 2.24) is 9.97 Å². The molecule has 1 unspecified atom stereocenters. The lowest BCUT2D eigenvalue weighted by atomic mass is 9.80. The number of carbonyl (C=O) groups excluding carboxylic acids is 1. The zero-order valence-electron chi connectivity index (χ0n) is 9.16. The smallest absolute Gasteiger partial charge is 0.237 e. The molecule has 2 N–H and O–H groups in total. The molecule has 0 saturated carbocycles. The molecule has 1 aliphatic carbocycles. The summed E-state index contributed by atoms with van der Waals surface area (Å²) in [4.78, 5) is 19.7. The maximum atomic E-state index is 12.3. The van der Waals surface area contributed by atoms with Crippen LogP contribution in [0.1, 0.15) is 16.8 Å². The highest BCUT2D eigenvalue weighted by atomic mass is 16.2. The van der Waals surface area contributed by atoms with Gasteiger partial charge < -0.3 is 10.3 Å². The number of aromatic nitrogens is 2. The minimum absolute atomic E-state index is 0.0794. The van der Waals surface area contributed by atoms with E-state index in [0.717, 1.165) is 24.2 Å². The molecule has 17 heavy (non-hydrogen) atoms. The Morgan fingerprint density at radius 1 is 1.29 bits per heavy atom. The molecule has 0 saturated heterocycles. The Morgan fingerprint density at radius 2 is 2.24 bits per heavy atom. The molecule has 2 aliphatic rings. The van der Waals surface area contributed by atoms with Crippen LogP contribution in [0.3, 0.4) is 0 Å². The topological polar surface area (TPSA) is 57.8 Å². The van der Waals surface area contributed by atoms with E-state index in [-0.39, 0.29) is 5.91 Å². The summed E-state index contributed by atoms with van der Waals surface area (Å²) in [5, 5.41) is 2.89. The Bertz CT molecular complexity index is 609. The van der Waals surface area contributed by atoms with Gasteiger partial charge in [-0.25, -0.2) is 4.98 Å². The second kappa shape index (κ2) is 2.77. The van der Waals surface area contributed by atoms with Crippen molar-refractivity contribution in [2.24, 2.45) is 0 Å². The van der Waals surface area contributed by atoms with Crippen LogP contribution in [0.5, 0.6) is 0 Å². The fraction of sp³-hybridized carbons (Fsp3) is 0.231. The van der Waals surface area contributed by atoms with E-state index < -0.39 is 5.41 Å². The van der Waals surface area contributed by atoms with Crippen molar-refractivity contribution >= 4 is 11.7 Å². The first-order chi connectivity index (χ1) is 8.29. The summed E-state index contributed by atoms with van der Waals surface area (Å²) in [6.07, 6.45) is 5.18. The number of fused-ring (bicyclic) bond motifs is 3. The van der Waals surface area contributed by atoms with Crippen LogP contribution in [0, 0.1) is 0 Å². The van der Waals surface area contributed by atoms with Gasteiger partial charge in [0.2, 0.25) is 5.91 Å². The van der Waals surface area contributed by atoms with Crippen LogP contribution in [0.4, 0.5) is 5.82 Å². The molecule has 1 spiro atoms. The first kappa shape index (κ1) is 8.98. The zero-order valence-corrected chi connectivity index (χ0v) is 9.16. The molecule has 0 fully saturated rings. The highest BCUT2D eigenvalue weighted by Gasteiger charge is 2.51. The number of hydrogen-bond donors (Lipinski definition) is 2. The predicted octanol–water partition coefficient (Wildman–Crippen LogP) is 1.40. The van der Waals surface area contributed by atoms with Crippen LogP contribution in [-0.4, -0.2) is 15.9 Å². The van der Waals surface area contributed by atoms with Crippen LogP contribution in [0.2, 0.25) is 0 Å². The minimum Gasteiger partial charge on any atom is -0.365 e. The van der Waals surface area contributed by atoms with E-state index in [1.807, 2.05) is 18.3 Å². The molecule has 2 aromatic heterocycles. The average Bonchev–Trinajstić information content (AvgIpc) is 2.94. The predicted molar refractivity (Wildman–Crippen MR) is 62.7 cm³/mol. The molecule has 0 aromatic carbocycles. The normalized spacial score (nSPS) is 24.8. The van der Waals surface area contributed by atoms with Crippen molar-refractivity contribution in [2.75, 3.05) is 5.32 Å². The molecule has 1 aliphatic heterocycles. The molecule has 4 nitrogen and oxygen atoms in total. The molecule has 84 valence electrons. The third-order valence-corrected chi connectivity index (χ3v) is 3.89. The first-order valence-electron chi connectivity index (χ1n) is 5.72. The number of H-pyrrole nitrogens is 1. The third-order valence-electron chi connectivity index (χ3n) is 3.89. The van der Waals surface area contributed by atoms with Crippen LogP contribution in [-0.2, 0) is 23.1 Å². The van der Waals surface area contributed by atoms with Gasteiger partial charge in [-0.1, -0.05) is 6.07 Å². The number of rotatable bonds is 0. The monoisotopic (exact) mass is 225 g/mol. The maximum Gasteiger partial charge on any atom is 0.237 e. The summed E-state index contributed by atoms with van der Waals surface area (Å²) < 4.78 is 0. The molecular formula is C13H11N3O. The molecule has 4 heteroatoms. The summed E-state index contributed by atoms with van der Waals surface area (Å²) >= 11 is 0. The molecule has 3 heterocycles. The number of nitrogens with zero attached hydrogens (tertiary/aromatic N) is 1. The van der Waals surface area contributed by atoms with E-state index in [1.54, 1.807) is 6.20 Å². The summed E-state index contributed by atoms with van der Waals surface area (Å²) in [7, 11) is 0.